The number of rotatable bonds is 4. The van der Waals surface area contributed by atoms with E-state index in [4.69, 9.17) is 4.42 Å². The fraction of sp³-hybridized carbons (Fsp3) is 0.0909. The molecule has 0 saturated heterocycles. The van der Waals surface area contributed by atoms with Gasteiger partial charge in [-0.25, -0.2) is 0 Å². The number of furan rings is 1. The first-order chi connectivity index (χ1) is 8.56. The van der Waals surface area contributed by atoms with Crippen molar-refractivity contribution in [2.75, 3.05) is 5.32 Å². The summed E-state index contributed by atoms with van der Waals surface area (Å²) in [5.41, 5.74) is 0.693. The molecule has 2 aromatic rings. The highest BCUT2D eigenvalue weighted by molar-refractivity contribution is 9.10. The summed E-state index contributed by atoms with van der Waals surface area (Å²) in [5, 5.41) is 13.8. The molecule has 0 aliphatic carbocycles. The van der Waals surface area contributed by atoms with Crippen LogP contribution < -0.4 is 5.32 Å². The van der Waals surface area contributed by atoms with E-state index < -0.39 is 4.92 Å². The number of nitrogens with zero attached hydrogens (tertiary/aromatic N) is 1. The Morgan fingerprint density at radius 2 is 2.06 bits per heavy atom. The molecule has 0 bridgehead atoms. The predicted octanol–water partition coefficient (Wildman–Crippen LogP) is 4.32. The first-order valence-electron chi connectivity index (χ1n) is 4.98. The zero-order valence-corrected chi connectivity index (χ0v) is 12.2. The van der Waals surface area contributed by atoms with Crippen LogP contribution in [0.5, 0.6) is 0 Å². The Kier molecular flexibility index (Phi) is 4.03. The van der Waals surface area contributed by atoms with Crippen molar-refractivity contribution in [3.8, 4) is 0 Å². The van der Waals surface area contributed by atoms with E-state index in [1.165, 1.54) is 6.07 Å². The first-order valence-corrected chi connectivity index (χ1v) is 6.57. The second-order valence-electron chi connectivity index (χ2n) is 3.48. The number of benzene rings is 1. The number of hydrogen-bond donors (Lipinski definition) is 1. The van der Waals surface area contributed by atoms with Crippen molar-refractivity contribution in [3.63, 3.8) is 0 Å². The van der Waals surface area contributed by atoms with Crippen LogP contribution in [0.15, 0.2) is 43.9 Å². The lowest BCUT2D eigenvalue weighted by Gasteiger charge is -2.04. The molecule has 5 nitrogen and oxygen atoms in total. The molecule has 0 radical (unpaired) electrons. The van der Waals surface area contributed by atoms with Crippen molar-refractivity contribution in [3.05, 3.63) is 55.3 Å². The Morgan fingerprint density at radius 1 is 1.28 bits per heavy atom. The van der Waals surface area contributed by atoms with E-state index in [1.807, 2.05) is 6.07 Å². The third-order valence-electron chi connectivity index (χ3n) is 2.24. The van der Waals surface area contributed by atoms with Crippen molar-refractivity contribution < 1.29 is 9.34 Å². The van der Waals surface area contributed by atoms with Gasteiger partial charge in [0, 0.05) is 11.8 Å². The topological polar surface area (TPSA) is 68.3 Å². The van der Waals surface area contributed by atoms with Crippen molar-refractivity contribution in [1.29, 1.82) is 0 Å². The largest absolute Gasteiger partial charge is 0.452 e. The summed E-state index contributed by atoms with van der Waals surface area (Å²) in [6.45, 7) is 0.463. The lowest BCUT2D eigenvalue weighted by molar-refractivity contribution is -0.385. The Bertz CT molecular complexity index is 583. The summed E-state index contributed by atoms with van der Waals surface area (Å²) in [6.07, 6.45) is 0. The Labute approximate surface area is 120 Å². The van der Waals surface area contributed by atoms with Crippen molar-refractivity contribution >= 4 is 43.2 Å². The van der Waals surface area contributed by atoms with Crippen LogP contribution >= 0.6 is 31.9 Å². The van der Waals surface area contributed by atoms with Gasteiger partial charge in [-0.05, 0) is 56.1 Å². The molecule has 0 unspecified atom stereocenters. The molecule has 1 heterocycles. The molecule has 0 aliphatic heterocycles. The minimum Gasteiger partial charge on any atom is -0.452 e. The Balaban J connectivity index is 2.10. The van der Waals surface area contributed by atoms with Gasteiger partial charge >= 0.3 is 0 Å². The molecular weight excluding hydrogens is 368 g/mol. The van der Waals surface area contributed by atoms with Crippen LogP contribution in [0.1, 0.15) is 5.76 Å². The fourth-order valence-corrected chi connectivity index (χ4v) is 2.13. The van der Waals surface area contributed by atoms with Crippen LogP contribution in [0.25, 0.3) is 0 Å². The maximum atomic E-state index is 10.8. The maximum Gasteiger partial charge on any atom is 0.285 e. The molecule has 0 aliphatic rings. The highest BCUT2D eigenvalue weighted by Gasteiger charge is 2.12. The average Bonchev–Trinajstić information content (AvgIpc) is 2.74. The summed E-state index contributed by atoms with van der Waals surface area (Å²) < 4.78 is 6.43. The molecule has 0 fully saturated rings. The van der Waals surface area contributed by atoms with Crippen LogP contribution in [0.3, 0.4) is 0 Å². The third kappa shape index (κ3) is 3.11. The summed E-state index contributed by atoms with van der Waals surface area (Å²) in [5.74, 6) is 0.743. The normalized spacial score (nSPS) is 10.3. The highest BCUT2D eigenvalue weighted by Crippen LogP contribution is 2.28. The predicted molar refractivity (Wildman–Crippen MR) is 74.5 cm³/mol. The SMILES string of the molecule is O=[N+]([O-])c1cc(NCc2ccc(Br)o2)ccc1Br. The van der Waals surface area contributed by atoms with E-state index in [2.05, 4.69) is 37.2 Å². The first kappa shape index (κ1) is 13.1. The number of nitro groups is 1. The smallest absolute Gasteiger partial charge is 0.285 e. The van der Waals surface area contributed by atoms with Gasteiger partial charge in [0.2, 0.25) is 0 Å². The summed E-state index contributed by atoms with van der Waals surface area (Å²) in [7, 11) is 0. The van der Waals surface area contributed by atoms with Crippen LogP contribution in [-0.2, 0) is 6.54 Å². The standard InChI is InChI=1S/C11H8Br2N2O3/c12-9-3-1-7(5-10(9)15(16)17)14-6-8-2-4-11(13)18-8/h1-5,14H,6H2. The molecule has 0 spiro atoms. The van der Waals surface area contributed by atoms with Gasteiger partial charge < -0.3 is 9.73 Å². The minimum absolute atomic E-state index is 0.0284. The molecule has 0 atom stereocenters. The molecule has 2 rings (SSSR count). The number of nitrogens with one attached hydrogen (secondary N) is 1. The van der Waals surface area contributed by atoms with Gasteiger partial charge in [0.05, 0.1) is 15.9 Å². The molecule has 1 N–H and O–H groups in total. The molecule has 0 saturated carbocycles. The van der Waals surface area contributed by atoms with E-state index in [-0.39, 0.29) is 5.69 Å². The second kappa shape index (κ2) is 5.53. The van der Waals surface area contributed by atoms with Gasteiger partial charge in [-0.3, -0.25) is 10.1 Å². The molecule has 7 heteroatoms. The van der Waals surface area contributed by atoms with E-state index >= 15 is 0 Å². The average molecular weight is 376 g/mol. The molecule has 0 amide bonds. The summed E-state index contributed by atoms with van der Waals surface area (Å²) in [4.78, 5) is 10.3. The van der Waals surface area contributed by atoms with Gasteiger partial charge in [0.25, 0.3) is 5.69 Å². The minimum atomic E-state index is -0.432. The summed E-state index contributed by atoms with van der Waals surface area (Å²) >= 11 is 6.34. The zero-order valence-electron chi connectivity index (χ0n) is 9.02. The molecular formula is C11H8Br2N2O3. The lowest BCUT2D eigenvalue weighted by Crippen LogP contribution is -1.99. The van der Waals surface area contributed by atoms with E-state index in [0.717, 1.165) is 5.76 Å². The number of nitro benzene ring substituents is 1. The van der Waals surface area contributed by atoms with Crippen LogP contribution in [-0.4, -0.2) is 4.92 Å². The van der Waals surface area contributed by atoms with Crippen LogP contribution in [0, 0.1) is 10.1 Å². The monoisotopic (exact) mass is 374 g/mol. The number of halogens is 2. The van der Waals surface area contributed by atoms with E-state index in [0.29, 0.717) is 21.4 Å². The van der Waals surface area contributed by atoms with Gasteiger partial charge in [-0.2, -0.15) is 0 Å². The molecule has 1 aromatic carbocycles. The lowest BCUT2D eigenvalue weighted by atomic mass is 10.3. The third-order valence-corrected chi connectivity index (χ3v) is 3.34. The highest BCUT2D eigenvalue weighted by atomic mass is 79.9. The maximum absolute atomic E-state index is 10.8. The van der Waals surface area contributed by atoms with Crippen molar-refractivity contribution in [2.45, 2.75) is 6.54 Å². The van der Waals surface area contributed by atoms with E-state index in [9.17, 15) is 10.1 Å². The van der Waals surface area contributed by atoms with Gasteiger partial charge in [-0.1, -0.05) is 0 Å². The molecule has 18 heavy (non-hydrogen) atoms. The number of anilines is 1. The van der Waals surface area contributed by atoms with Gasteiger partial charge in [-0.15, -0.1) is 0 Å². The molecule has 94 valence electrons. The van der Waals surface area contributed by atoms with E-state index in [1.54, 1.807) is 18.2 Å². The molecule has 1 aromatic heterocycles. The Hall–Kier alpha value is -1.34. The Morgan fingerprint density at radius 3 is 2.67 bits per heavy atom. The van der Waals surface area contributed by atoms with Crippen molar-refractivity contribution in [2.24, 2.45) is 0 Å². The second-order valence-corrected chi connectivity index (χ2v) is 5.12. The quantitative estimate of drug-likeness (QED) is 0.638. The summed E-state index contributed by atoms with van der Waals surface area (Å²) in [6, 6.07) is 8.49. The van der Waals surface area contributed by atoms with Crippen LogP contribution in [0.2, 0.25) is 0 Å². The van der Waals surface area contributed by atoms with Gasteiger partial charge in [0.15, 0.2) is 4.67 Å². The zero-order chi connectivity index (χ0) is 13.1. The number of hydrogen-bond acceptors (Lipinski definition) is 4. The fourth-order valence-electron chi connectivity index (χ4n) is 1.40. The van der Waals surface area contributed by atoms with Crippen molar-refractivity contribution in [1.82, 2.24) is 0 Å². The van der Waals surface area contributed by atoms with Crippen LogP contribution in [0.4, 0.5) is 11.4 Å². The van der Waals surface area contributed by atoms with Gasteiger partial charge in [0.1, 0.15) is 5.76 Å².